The van der Waals surface area contributed by atoms with E-state index in [9.17, 15) is 18.8 Å². The largest absolute Gasteiger partial charge is 0.354 e. The summed E-state index contributed by atoms with van der Waals surface area (Å²) in [6, 6.07) is 4.80. The van der Waals surface area contributed by atoms with E-state index in [0.29, 0.717) is 6.54 Å². The van der Waals surface area contributed by atoms with Gasteiger partial charge in [-0.05, 0) is 18.1 Å². The lowest BCUT2D eigenvalue weighted by Crippen LogP contribution is -2.51. The van der Waals surface area contributed by atoms with Gasteiger partial charge in [-0.25, -0.2) is 4.39 Å². The molecule has 3 amide bonds. The molecular weight excluding hydrogens is 325 g/mol. The number of halogens is 1. The fourth-order valence-electron chi connectivity index (χ4n) is 2.08. The molecule has 0 heterocycles. The lowest BCUT2D eigenvalue weighted by molar-refractivity contribution is -0.125. The van der Waals surface area contributed by atoms with Crippen LogP contribution in [0.2, 0.25) is 0 Å². The van der Waals surface area contributed by atoms with Crippen LogP contribution in [0.1, 0.15) is 38.1 Å². The van der Waals surface area contributed by atoms with Gasteiger partial charge in [0.05, 0.1) is 5.56 Å². The predicted octanol–water partition coefficient (Wildman–Crippen LogP) is 1.47. The summed E-state index contributed by atoms with van der Waals surface area (Å²) >= 11 is 0. The van der Waals surface area contributed by atoms with Crippen molar-refractivity contribution in [1.29, 1.82) is 0 Å². The highest BCUT2D eigenvalue weighted by molar-refractivity contribution is 5.97. The van der Waals surface area contributed by atoms with Crippen molar-refractivity contribution in [2.75, 3.05) is 13.1 Å². The highest BCUT2D eigenvalue weighted by atomic mass is 19.1. The molecule has 0 fully saturated rings. The number of carbonyl (C=O) groups excluding carboxylic acids is 3. The minimum Gasteiger partial charge on any atom is -0.354 e. The molecule has 3 N–H and O–H groups in total. The van der Waals surface area contributed by atoms with E-state index in [2.05, 4.69) is 16.0 Å². The van der Waals surface area contributed by atoms with Crippen LogP contribution >= 0.6 is 0 Å². The lowest BCUT2D eigenvalue weighted by atomic mass is 10.0. The molecule has 138 valence electrons. The molecule has 0 aromatic heterocycles. The number of rotatable bonds is 8. The van der Waals surface area contributed by atoms with Crippen molar-refractivity contribution in [3.8, 4) is 0 Å². The van der Waals surface area contributed by atoms with Gasteiger partial charge in [0.1, 0.15) is 11.9 Å². The van der Waals surface area contributed by atoms with Crippen LogP contribution in [0.4, 0.5) is 4.39 Å². The molecule has 1 aromatic carbocycles. The molecule has 0 radical (unpaired) electrons. The first-order chi connectivity index (χ1) is 11.7. The minimum atomic E-state index is -0.798. The predicted molar refractivity (Wildman–Crippen MR) is 93.3 cm³/mol. The van der Waals surface area contributed by atoms with Crippen molar-refractivity contribution in [2.45, 2.75) is 33.7 Å². The molecule has 0 bridgehead atoms. The van der Waals surface area contributed by atoms with E-state index in [1.54, 1.807) is 33.8 Å². The van der Waals surface area contributed by atoms with E-state index in [-0.39, 0.29) is 35.8 Å². The molecule has 0 aliphatic rings. The van der Waals surface area contributed by atoms with Crippen LogP contribution in [0, 0.1) is 17.7 Å². The van der Waals surface area contributed by atoms with Crippen molar-refractivity contribution < 1.29 is 18.8 Å². The Morgan fingerprint density at radius 2 is 1.52 bits per heavy atom. The zero-order chi connectivity index (χ0) is 19.0. The van der Waals surface area contributed by atoms with E-state index in [1.165, 1.54) is 18.2 Å². The molecule has 1 aromatic rings. The second-order valence-corrected chi connectivity index (χ2v) is 6.41. The quantitative estimate of drug-likeness (QED) is 0.620. The normalized spacial score (nSPS) is 12.0. The topological polar surface area (TPSA) is 87.3 Å². The fraction of sp³-hybridized carbons (Fsp3) is 0.500. The fourth-order valence-corrected chi connectivity index (χ4v) is 2.08. The maximum Gasteiger partial charge on any atom is 0.254 e. The monoisotopic (exact) mass is 351 g/mol. The average molecular weight is 351 g/mol. The summed E-state index contributed by atoms with van der Waals surface area (Å²) in [5, 5.41) is 7.92. The average Bonchev–Trinajstić information content (AvgIpc) is 2.55. The van der Waals surface area contributed by atoms with Gasteiger partial charge in [-0.2, -0.15) is 0 Å². The Hall–Kier alpha value is -2.44. The van der Waals surface area contributed by atoms with Gasteiger partial charge in [0.2, 0.25) is 11.8 Å². The summed E-state index contributed by atoms with van der Waals surface area (Å²) in [7, 11) is 0. The van der Waals surface area contributed by atoms with Crippen LogP contribution in [0.15, 0.2) is 24.3 Å². The summed E-state index contributed by atoms with van der Waals surface area (Å²) in [4.78, 5) is 35.9. The number of nitrogens with one attached hydrogen (secondary N) is 3. The van der Waals surface area contributed by atoms with Gasteiger partial charge in [-0.15, -0.1) is 0 Å². The first-order valence-corrected chi connectivity index (χ1v) is 8.34. The van der Waals surface area contributed by atoms with Gasteiger partial charge in [-0.3, -0.25) is 14.4 Å². The van der Waals surface area contributed by atoms with Crippen molar-refractivity contribution in [1.82, 2.24) is 16.0 Å². The summed E-state index contributed by atoms with van der Waals surface area (Å²) in [5.41, 5.74) is -0.106. The molecule has 1 atom stereocenters. The Kier molecular flexibility index (Phi) is 8.04. The van der Waals surface area contributed by atoms with Crippen molar-refractivity contribution in [3.63, 3.8) is 0 Å². The van der Waals surface area contributed by atoms with E-state index < -0.39 is 17.8 Å². The third kappa shape index (κ3) is 6.52. The van der Waals surface area contributed by atoms with E-state index in [1.807, 2.05) is 0 Å². The summed E-state index contributed by atoms with van der Waals surface area (Å²) in [6.07, 6.45) is 0. The van der Waals surface area contributed by atoms with E-state index >= 15 is 0 Å². The highest BCUT2D eigenvalue weighted by Gasteiger charge is 2.25. The Balaban J connectivity index is 2.58. The van der Waals surface area contributed by atoms with Gasteiger partial charge in [-0.1, -0.05) is 39.8 Å². The van der Waals surface area contributed by atoms with Gasteiger partial charge in [0.25, 0.3) is 5.91 Å². The third-order valence-corrected chi connectivity index (χ3v) is 3.60. The molecule has 0 saturated carbocycles. The van der Waals surface area contributed by atoms with Crippen molar-refractivity contribution in [3.05, 3.63) is 35.6 Å². The van der Waals surface area contributed by atoms with Crippen LogP contribution in [0.3, 0.4) is 0 Å². The second kappa shape index (κ2) is 9.76. The summed E-state index contributed by atoms with van der Waals surface area (Å²) in [6.45, 7) is 7.67. The zero-order valence-corrected chi connectivity index (χ0v) is 15.1. The number of carbonyl (C=O) groups is 3. The maximum absolute atomic E-state index is 13.7. The molecule has 0 aliphatic carbocycles. The smallest absolute Gasteiger partial charge is 0.254 e. The van der Waals surface area contributed by atoms with Crippen molar-refractivity contribution in [2.24, 2.45) is 11.8 Å². The first-order valence-electron chi connectivity index (χ1n) is 8.34. The molecule has 25 heavy (non-hydrogen) atoms. The van der Waals surface area contributed by atoms with E-state index in [4.69, 9.17) is 0 Å². The molecule has 6 nitrogen and oxygen atoms in total. The molecule has 1 rings (SSSR count). The molecule has 7 heteroatoms. The number of amides is 3. The highest BCUT2D eigenvalue weighted by Crippen LogP contribution is 2.08. The molecule has 0 aliphatic heterocycles. The van der Waals surface area contributed by atoms with Gasteiger partial charge >= 0.3 is 0 Å². The number of benzene rings is 1. The van der Waals surface area contributed by atoms with Crippen LogP contribution in [-0.2, 0) is 9.59 Å². The maximum atomic E-state index is 13.7. The van der Waals surface area contributed by atoms with Crippen molar-refractivity contribution >= 4 is 17.7 Å². The standard InChI is InChI=1S/C18H26FN3O3/c1-11(2)15(18(25)21-10-9-20-16(23)12(3)4)22-17(24)13-7-5-6-8-14(13)19/h5-8,11-12,15H,9-10H2,1-4H3,(H,20,23)(H,21,25)(H,22,24). The zero-order valence-electron chi connectivity index (χ0n) is 15.1. The lowest BCUT2D eigenvalue weighted by Gasteiger charge is -2.22. The van der Waals surface area contributed by atoms with Gasteiger partial charge in [0.15, 0.2) is 0 Å². The van der Waals surface area contributed by atoms with Crippen LogP contribution in [0.5, 0.6) is 0 Å². The first kappa shape index (κ1) is 20.6. The minimum absolute atomic E-state index is 0.0949. The third-order valence-electron chi connectivity index (χ3n) is 3.60. The Bertz CT molecular complexity index is 617. The van der Waals surface area contributed by atoms with Gasteiger partial charge < -0.3 is 16.0 Å². The number of hydrogen-bond acceptors (Lipinski definition) is 3. The van der Waals surface area contributed by atoms with Crippen LogP contribution in [-0.4, -0.2) is 36.9 Å². The number of hydrogen-bond donors (Lipinski definition) is 3. The summed E-state index contributed by atoms with van der Waals surface area (Å²) in [5.74, 6) is -2.06. The summed E-state index contributed by atoms with van der Waals surface area (Å²) < 4.78 is 13.7. The Morgan fingerprint density at radius 1 is 0.960 bits per heavy atom. The van der Waals surface area contributed by atoms with E-state index in [0.717, 1.165) is 0 Å². The SMILES string of the molecule is CC(C)C(=O)NCCNC(=O)C(NC(=O)c1ccccc1F)C(C)C. The molecule has 1 unspecified atom stereocenters. The van der Waals surface area contributed by atoms with Crippen LogP contribution in [0.25, 0.3) is 0 Å². The van der Waals surface area contributed by atoms with Crippen LogP contribution < -0.4 is 16.0 Å². The molecule has 0 spiro atoms. The molecular formula is C18H26FN3O3. The van der Waals surface area contributed by atoms with Gasteiger partial charge in [0, 0.05) is 19.0 Å². The Labute approximate surface area is 147 Å². The molecule has 0 saturated heterocycles. The Morgan fingerprint density at radius 3 is 2.04 bits per heavy atom. The second-order valence-electron chi connectivity index (χ2n) is 6.41.